The molecule has 3 N–H and O–H groups in total. The Kier molecular flexibility index (Phi) is 11.2. The van der Waals surface area contributed by atoms with E-state index in [1.807, 2.05) is 64.1 Å². The number of nitrogens with two attached hydrogens (primary N) is 1. The molecule has 1 aromatic heterocycles. The predicted molar refractivity (Wildman–Crippen MR) is 178 cm³/mol. The van der Waals surface area contributed by atoms with E-state index in [9.17, 15) is 4.79 Å². The lowest BCUT2D eigenvalue weighted by atomic mass is 10.00. The van der Waals surface area contributed by atoms with Gasteiger partial charge < -0.3 is 10.8 Å². The van der Waals surface area contributed by atoms with Crippen molar-refractivity contribution in [2.45, 2.75) is 68.4 Å². The molecular formula is C38H44N2O2. The average Bonchev–Trinajstić information content (AvgIpc) is 2.93. The van der Waals surface area contributed by atoms with Gasteiger partial charge in [-0.05, 0) is 107 Å². The highest BCUT2D eigenvalue weighted by Gasteiger charge is 2.08. The maximum absolute atomic E-state index is 11.2. The summed E-state index contributed by atoms with van der Waals surface area (Å²) in [5, 5.41) is 10.2. The van der Waals surface area contributed by atoms with Crippen molar-refractivity contribution in [2.75, 3.05) is 5.73 Å². The van der Waals surface area contributed by atoms with E-state index in [0.717, 1.165) is 39.0 Å². The predicted octanol–water partition coefficient (Wildman–Crippen LogP) is 9.10. The summed E-state index contributed by atoms with van der Waals surface area (Å²) in [7, 11) is 0. The monoisotopic (exact) mass is 560 g/mol. The number of hydrogen-bond acceptors (Lipinski definition) is 4. The third-order valence-corrected chi connectivity index (χ3v) is 7.24. The van der Waals surface area contributed by atoms with Gasteiger partial charge in [-0.25, -0.2) is 4.98 Å². The Morgan fingerprint density at radius 1 is 0.714 bits per heavy atom. The molecule has 5 aromatic rings. The Morgan fingerprint density at radius 3 is 1.93 bits per heavy atom. The number of benzene rings is 4. The molecule has 0 aliphatic heterocycles. The van der Waals surface area contributed by atoms with E-state index in [1.54, 1.807) is 0 Å². The first-order chi connectivity index (χ1) is 19.9. The molecule has 4 heteroatoms. The normalized spacial score (nSPS) is 10.4. The Labute approximate surface area is 251 Å². The van der Waals surface area contributed by atoms with Crippen LogP contribution >= 0.6 is 0 Å². The molecule has 0 bridgehead atoms. The molecule has 0 unspecified atom stereocenters. The van der Waals surface area contributed by atoms with Crippen LogP contribution in [-0.4, -0.2) is 15.9 Å². The van der Waals surface area contributed by atoms with Crippen molar-refractivity contribution in [3.05, 3.63) is 129 Å². The van der Waals surface area contributed by atoms with Gasteiger partial charge in [0.25, 0.3) is 0 Å². The van der Waals surface area contributed by atoms with Gasteiger partial charge in [0.1, 0.15) is 0 Å². The van der Waals surface area contributed by atoms with Crippen molar-refractivity contribution >= 4 is 22.4 Å². The molecule has 218 valence electrons. The molecule has 0 aliphatic carbocycles. The van der Waals surface area contributed by atoms with Crippen LogP contribution < -0.4 is 5.73 Å². The van der Waals surface area contributed by atoms with Crippen molar-refractivity contribution in [3.8, 4) is 11.3 Å². The van der Waals surface area contributed by atoms with Crippen molar-refractivity contribution < 1.29 is 9.90 Å². The van der Waals surface area contributed by atoms with E-state index in [1.165, 1.54) is 33.2 Å². The minimum absolute atomic E-state index is 0.0257. The van der Waals surface area contributed by atoms with Gasteiger partial charge >= 0.3 is 0 Å². The summed E-state index contributed by atoms with van der Waals surface area (Å²) in [4.78, 5) is 16.1. The Bertz CT molecular complexity index is 1680. The number of rotatable bonds is 4. The lowest BCUT2D eigenvalue weighted by Gasteiger charge is -2.10. The number of carbonyl (C=O) groups excluding carboxylic acids is 1. The number of aliphatic hydroxyl groups excluding tert-OH is 1. The van der Waals surface area contributed by atoms with Crippen molar-refractivity contribution in [1.82, 2.24) is 4.98 Å². The van der Waals surface area contributed by atoms with Crippen LogP contribution in [0.3, 0.4) is 0 Å². The third-order valence-electron chi connectivity index (χ3n) is 7.24. The minimum Gasteiger partial charge on any atom is -0.398 e. The number of pyridine rings is 1. The molecule has 0 amide bonds. The smallest absolute Gasteiger partial charge is 0.162 e. The number of aliphatic hydroxyl groups is 1. The molecule has 0 saturated heterocycles. The summed E-state index contributed by atoms with van der Waals surface area (Å²) >= 11 is 0. The molecule has 0 aliphatic rings. The van der Waals surface area contributed by atoms with Crippen LogP contribution in [0.1, 0.15) is 68.2 Å². The van der Waals surface area contributed by atoms with E-state index in [-0.39, 0.29) is 12.4 Å². The highest BCUT2D eigenvalue weighted by atomic mass is 16.3. The molecule has 4 nitrogen and oxygen atoms in total. The van der Waals surface area contributed by atoms with Crippen molar-refractivity contribution in [2.24, 2.45) is 0 Å². The summed E-state index contributed by atoms with van der Waals surface area (Å²) < 4.78 is 0. The number of anilines is 1. The minimum atomic E-state index is 0.0257. The van der Waals surface area contributed by atoms with Crippen molar-refractivity contribution in [3.63, 3.8) is 0 Å². The second-order valence-electron chi connectivity index (χ2n) is 11.1. The highest BCUT2D eigenvalue weighted by molar-refractivity contribution is 5.96. The van der Waals surface area contributed by atoms with Gasteiger partial charge in [-0.2, -0.15) is 0 Å². The number of aryl methyl sites for hydroxylation is 7. The summed E-state index contributed by atoms with van der Waals surface area (Å²) in [5.41, 5.74) is 19.8. The number of ketones is 1. The zero-order chi connectivity index (χ0) is 31.0. The fraction of sp³-hybridized carbons (Fsp3) is 0.263. The van der Waals surface area contributed by atoms with E-state index >= 15 is 0 Å². The SMILES string of the molecule is CCC(=O)c1cccc(C)c1.Cc1cc(C)c(CO)c(N)c1.Cc1cccc(-c2nc3cc(C)cc(C)c3cc2C)c1. The number of nitrogens with zero attached hydrogens (tertiary/aromatic N) is 1. The zero-order valence-electron chi connectivity index (χ0n) is 26.3. The number of aromatic nitrogens is 1. The number of Topliss-reactive ketones (excluding diaryl/α,β-unsaturated/α-hetero) is 1. The van der Waals surface area contributed by atoms with Gasteiger partial charge in [-0.1, -0.05) is 66.6 Å². The average molecular weight is 561 g/mol. The quantitative estimate of drug-likeness (QED) is 0.170. The van der Waals surface area contributed by atoms with Crippen molar-refractivity contribution in [1.29, 1.82) is 0 Å². The molecule has 4 aromatic carbocycles. The van der Waals surface area contributed by atoms with Crippen LogP contribution in [0.5, 0.6) is 0 Å². The Balaban J connectivity index is 0.000000188. The highest BCUT2D eigenvalue weighted by Crippen LogP contribution is 2.28. The molecule has 42 heavy (non-hydrogen) atoms. The van der Waals surface area contributed by atoms with Gasteiger partial charge in [0.2, 0.25) is 0 Å². The molecule has 0 spiro atoms. The van der Waals surface area contributed by atoms with E-state index < -0.39 is 0 Å². The van der Waals surface area contributed by atoms with Crippen LogP contribution in [0.15, 0.2) is 78.9 Å². The topological polar surface area (TPSA) is 76.2 Å². The number of nitrogen functional groups attached to an aromatic ring is 1. The van der Waals surface area contributed by atoms with E-state index in [2.05, 4.69) is 70.2 Å². The largest absolute Gasteiger partial charge is 0.398 e. The van der Waals surface area contributed by atoms with Crippen LogP contribution in [-0.2, 0) is 6.61 Å². The Morgan fingerprint density at radius 2 is 1.33 bits per heavy atom. The van der Waals surface area contributed by atoms with E-state index in [4.69, 9.17) is 15.8 Å². The molecule has 1 heterocycles. The number of carbonyl (C=O) groups is 1. The summed E-state index contributed by atoms with van der Waals surface area (Å²) in [6, 6.07) is 26.8. The maximum Gasteiger partial charge on any atom is 0.162 e. The molecular weight excluding hydrogens is 516 g/mol. The molecule has 0 fully saturated rings. The molecule has 0 radical (unpaired) electrons. The second kappa shape index (κ2) is 14.6. The van der Waals surface area contributed by atoms with Crippen LogP contribution in [0.4, 0.5) is 5.69 Å². The van der Waals surface area contributed by atoms with E-state index in [0.29, 0.717) is 12.1 Å². The third kappa shape index (κ3) is 8.37. The summed E-state index contributed by atoms with van der Waals surface area (Å²) in [5.74, 6) is 0.216. The van der Waals surface area contributed by atoms with Gasteiger partial charge in [0.15, 0.2) is 5.78 Å². The molecule has 5 rings (SSSR count). The number of hydrogen-bond donors (Lipinski definition) is 2. The standard InChI is InChI=1S/C19H19N.C10H12O.C9H13NO/c1-12-6-5-7-16(9-12)19-15(4)11-17-14(3)8-13(2)10-18(17)20-19;1-3-10(11)9-6-4-5-8(2)7-9;1-6-3-7(2)8(5-11)9(10)4-6/h5-11H,1-4H3;4-7H,3H2,1-2H3;3-4,11H,5,10H2,1-2H3. The van der Waals surface area contributed by atoms with Crippen LogP contribution in [0.25, 0.3) is 22.2 Å². The van der Waals surface area contributed by atoms with Gasteiger partial charge in [-0.15, -0.1) is 0 Å². The summed E-state index contributed by atoms with van der Waals surface area (Å²) in [6.07, 6.45) is 0.587. The lowest BCUT2D eigenvalue weighted by molar-refractivity contribution is 0.0988. The molecule has 0 saturated carbocycles. The first kappa shape index (κ1) is 32.2. The first-order valence-electron chi connectivity index (χ1n) is 14.4. The van der Waals surface area contributed by atoms with Crippen LogP contribution in [0.2, 0.25) is 0 Å². The fourth-order valence-corrected chi connectivity index (χ4v) is 5.08. The first-order valence-corrected chi connectivity index (χ1v) is 14.4. The van der Waals surface area contributed by atoms with Gasteiger partial charge in [0, 0.05) is 34.2 Å². The maximum atomic E-state index is 11.2. The van der Waals surface area contributed by atoms with Crippen LogP contribution in [0, 0.1) is 48.5 Å². The zero-order valence-corrected chi connectivity index (χ0v) is 26.3. The lowest BCUT2D eigenvalue weighted by Crippen LogP contribution is -1.97. The molecule has 0 atom stereocenters. The van der Waals surface area contributed by atoms with Gasteiger partial charge in [0.05, 0.1) is 17.8 Å². The van der Waals surface area contributed by atoms with Gasteiger partial charge in [-0.3, -0.25) is 4.79 Å². The Hall–Kier alpha value is -4.28. The second-order valence-corrected chi connectivity index (χ2v) is 11.1. The summed E-state index contributed by atoms with van der Waals surface area (Å²) in [6.45, 7) is 16.4. The number of fused-ring (bicyclic) bond motifs is 1. The fourth-order valence-electron chi connectivity index (χ4n) is 5.08.